The third kappa shape index (κ3) is 10.7. The highest BCUT2D eigenvalue weighted by Crippen LogP contribution is 1.62. The molecule has 0 spiro atoms. The van der Waals surface area contributed by atoms with Gasteiger partial charge in [-0.05, 0) is 0 Å². The Morgan fingerprint density at radius 2 is 2.33 bits per heavy atom. The Labute approximate surface area is 52.1 Å². The van der Waals surface area contributed by atoms with Crippen molar-refractivity contribution in [1.29, 1.82) is 5.41 Å². The second kappa shape index (κ2) is 4.63. The Kier molecular flexibility index (Phi) is 3.85. The van der Waals surface area contributed by atoms with E-state index in [2.05, 4.69) is 15.7 Å². The molecule has 9 heavy (non-hydrogen) atoms. The van der Waals surface area contributed by atoms with Gasteiger partial charge in [0.2, 0.25) is 0 Å². The average molecular weight is 128 g/mol. The minimum absolute atomic E-state index is 0.833. The second-order valence-electron chi connectivity index (χ2n) is 1.15. The van der Waals surface area contributed by atoms with Gasteiger partial charge in [-0.1, -0.05) is 0 Å². The molecular weight excluding hydrogens is 120 g/mol. The second-order valence-corrected chi connectivity index (χ2v) is 1.15. The van der Waals surface area contributed by atoms with Crippen molar-refractivity contribution in [2.75, 3.05) is 0 Å². The van der Waals surface area contributed by atoms with E-state index in [0.29, 0.717) is 0 Å². The van der Waals surface area contributed by atoms with Gasteiger partial charge in [-0.15, -0.1) is 0 Å². The SMILES string of the molecule is N=C(N)O.c1c[nH]cn1. The number of aliphatic hydroxyl groups excluding tert-OH is 1. The summed E-state index contributed by atoms with van der Waals surface area (Å²) in [6.07, 6.45) is 5.08. The predicted molar refractivity (Wildman–Crippen MR) is 33.1 cm³/mol. The molecule has 0 aliphatic carbocycles. The monoisotopic (exact) mass is 128 g/mol. The molecule has 1 aromatic rings. The quantitative estimate of drug-likeness (QED) is 0.289. The molecule has 1 rings (SSSR count). The Morgan fingerprint density at radius 3 is 2.44 bits per heavy atom. The lowest BCUT2D eigenvalue weighted by Gasteiger charge is -1.67. The highest BCUT2D eigenvalue weighted by Gasteiger charge is 1.57. The van der Waals surface area contributed by atoms with E-state index in [1.54, 1.807) is 18.7 Å². The van der Waals surface area contributed by atoms with Crippen LogP contribution in [-0.2, 0) is 0 Å². The number of hydrogen-bond donors (Lipinski definition) is 4. The number of aliphatic hydroxyl groups is 1. The molecule has 5 heteroatoms. The van der Waals surface area contributed by atoms with E-state index in [1.165, 1.54) is 0 Å². The third-order valence-corrected chi connectivity index (χ3v) is 0.406. The minimum atomic E-state index is -0.833. The maximum Gasteiger partial charge on any atom is 0.276 e. The molecule has 1 aromatic heterocycles. The van der Waals surface area contributed by atoms with Crippen LogP contribution >= 0.6 is 0 Å². The van der Waals surface area contributed by atoms with E-state index in [9.17, 15) is 0 Å². The van der Waals surface area contributed by atoms with Crippen LogP contribution in [0, 0.1) is 5.41 Å². The molecule has 0 aromatic carbocycles. The van der Waals surface area contributed by atoms with Crippen molar-refractivity contribution >= 4 is 6.02 Å². The van der Waals surface area contributed by atoms with Crippen LogP contribution in [0.4, 0.5) is 0 Å². The zero-order valence-electron chi connectivity index (χ0n) is 4.70. The average Bonchev–Trinajstić information content (AvgIpc) is 2.11. The van der Waals surface area contributed by atoms with Gasteiger partial charge in [-0.3, -0.25) is 5.41 Å². The zero-order valence-corrected chi connectivity index (χ0v) is 4.70. The molecule has 0 bridgehead atoms. The molecule has 0 fully saturated rings. The van der Waals surface area contributed by atoms with Crippen LogP contribution in [0.15, 0.2) is 18.7 Å². The smallest absolute Gasteiger partial charge is 0.276 e. The molecular formula is C4H8N4O. The first-order chi connectivity index (χ1) is 4.23. The summed E-state index contributed by atoms with van der Waals surface area (Å²) in [5.74, 6) is 0. The topological polar surface area (TPSA) is 98.8 Å². The number of amidine groups is 1. The minimum Gasteiger partial charge on any atom is -0.481 e. The molecule has 50 valence electrons. The highest BCUT2D eigenvalue weighted by atomic mass is 16.3. The molecule has 0 saturated carbocycles. The summed E-state index contributed by atoms with van der Waals surface area (Å²) in [6.45, 7) is 0. The molecule has 0 atom stereocenters. The van der Waals surface area contributed by atoms with E-state index in [1.807, 2.05) is 0 Å². The predicted octanol–water partition coefficient (Wildman–Crippen LogP) is -0.152. The maximum atomic E-state index is 7.42. The number of imidazole rings is 1. The van der Waals surface area contributed by atoms with E-state index in [-0.39, 0.29) is 0 Å². The van der Waals surface area contributed by atoms with Crippen molar-refractivity contribution in [3.05, 3.63) is 18.7 Å². The fraction of sp³-hybridized carbons (Fsp3) is 0. The van der Waals surface area contributed by atoms with Gasteiger partial charge in [0, 0.05) is 12.4 Å². The number of rotatable bonds is 0. The van der Waals surface area contributed by atoms with Gasteiger partial charge in [0.15, 0.2) is 0 Å². The normalized spacial score (nSPS) is 7.11. The zero-order chi connectivity index (χ0) is 7.11. The standard InChI is InChI=1S/C3H4N2.CH4N2O/c1-2-5-3-4-1;2-1(3)4/h1-3H,(H,4,5);(H4,2,3,4). The largest absolute Gasteiger partial charge is 0.481 e. The Balaban J connectivity index is 0.000000148. The molecule has 0 amide bonds. The van der Waals surface area contributed by atoms with Crippen LogP contribution in [0.3, 0.4) is 0 Å². The first-order valence-corrected chi connectivity index (χ1v) is 2.19. The van der Waals surface area contributed by atoms with Gasteiger partial charge >= 0.3 is 0 Å². The molecule has 5 nitrogen and oxygen atoms in total. The van der Waals surface area contributed by atoms with Gasteiger partial charge in [0.1, 0.15) is 0 Å². The number of nitrogens with one attached hydrogen (secondary N) is 2. The van der Waals surface area contributed by atoms with Crippen LogP contribution in [0.5, 0.6) is 0 Å². The van der Waals surface area contributed by atoms with Crippen LogP contribution in [0.2, 0.25) is 0 Å². The number of H-pyrrole nitrogens is 1. The lowest BCUT2D eigenvalue weighted by Crippen LogP contribution is -2.05. The summed E-state index contributed by atoms with van der Waals surface area (Å²) in [5.41, 5.74) is 4.25. The number of aromatic amines is 1. The summed E-state index contributed by atoms with van der Waals surface area (Å²) in [5, 5.41) is 13.2. The molecule has 0 aliphatic rings. The van der Waals surface area contributed by atoms with Crippen molar-refractivity contribution in [2.45, 2.75) is 0 Å². The van der Waals surface area contributed by atoms with Crippen molar-refractivity contribution in [3.63, 3.8) is 0 Å². The Hall–Kier alpha value is -1.52. The Bertz CT molecular complexity index is 126. The Morgan fingerprint density at radius 1 is 1.78 bits per heavy atom. The molecule has 0 radical (unpaired) electrons. The lowest BCUT2D eigenvalue weighted by atomic mass is 11.0. The summed E-state index contributed by atoms with van der Waals surface area (Å²) in [4.78, 5) is 6.42. The molecule has 1 heterocycles. The molecule has 0 aliphatic heterocycles. The van der Waals surface area contributed by atoms with Gasteiger partial charge in [-0.2, -0.15) is 0 Å². The van der Waals surface area contributed by atoms with E-state index in [0.717, 1.165) is 0 Å². The van der Waals surface area contributed by atoms with Gasteiger partial charge in [0.05, 0.1) is 6.33 Å². The number of nitrogens with zero attached hydrogens (tertiary/aromatic N) is 1. The van der Waals surface area contributed by atoms with Gasteiger partial charge < -0.3 is 15.8 Å². The van der Waals surface area contributed by atoms with Crippen molar-refractivity contribution in [2.24, 2.45) is 5.73 Å². The van der Waals surface area contributed by atoms with E-state index < -0.39 is 6.02 Å². The molecule has 0 saturated heterocycles. The van der Waals surface area contributed by atoms with Crippen LogP contribution in [0.1, 0.15) is 0 Å². The summed E-state index contributed by atoms with van der Waals surface area (Å²) in [6, 6.07) is -0.833. The van der Waals surface area contributed by atoms with Crippen LogP contribution < -0.4 is 5.73 Å². The van der Waals surface area contributed by atoms with Gasteiger partial charge in [0.25, 0.3) is 6.02 Å². The summed E-state index contributed by atoms with van der Waals surface area (Å²) < 4.78 is 0. The fourth-order valence-corrected chi connectivity index (χ4v) is 0.215. The van der Waals surface area contributed by atoms with Gasteiger partial charge in [-0.25, -0.2) is 4.98 Å². The van der Waals surface area contributed by atoms with E-state index in [4.69, 9.17) is 10.5 Å². The van der Waals surface area contributed by atoms with Crippen LogP contribution in [-0.4, -0.2) is 21.1 Å². The first kappa shape index (κ1) is 7.48. The maximum absolute atomic E-state index is 7.42. The summed E-state index contributed by atoms with van der Waals surface area (Å²) >= 11 is 0. The van der Waals surface area contributed by atoms with Crippen molar-refractivity contribution in [3.8, 4) is 0 Å². The number of nitrogens with two attached hydrogens (primary N) is 1. The van der Waals surface area contributed by atoms with E-state index >= 15 is 0 Å². The van der Waals surface area contributed by atoms with Crippen LogP contribution in [0.25, 0.3) is 0 Å². The fourth-order valence-electron chi connectivity index (χ4n) is 0.215. The van der Waals surface area contributed by atoms with Crippen molar-refractivity contribution < 1.29 is 5.11 Å². The molecule has 5 N–H and O–H groups in total. The number of hydrogen-bond acceptors (Lipinski definition) is 2. The summed E-state index contributed by atoms with van der Waals surface area (Å²) in [7, 11) is 0. The molecule has 0 unspecified atom stereocenters. The highest BCUT2D eigenvalue weighted by molar-refractivity contribution is 5.64. The number of aromatic nitrogens is 2. The third-order valence-electron chi connectivity index (χ3n) is 0.406. The van der Waals surface area contributed by atoms with Crippen molar-refractivity contribution in [1.82, 2.24) is 9.97 Å². The lowest BCUT2D eigenvalue weighted by molar-refractivity contribution is 0.537. The first-order valence-electron chi connectivity index (χ1n) is 2.19.